The highest BCUT2D eigenvalue weighted by Gasteiger charge is 2.32. The second-order valence-corrected chi connectivity index (χ2v) is 8.14. The van der Waals surface area contributed by atoms with Crippen molar-refractivity contribution >= 4 is 23.7 Å². The van der Waals surface area contributed by atoms with Crippen LogP contribution in [0.4, 0.5) is 0 Å². The maximum Gasteiger partial charge on any atom is 0.325 e. The van der Waals surface area contributed by atoms with Crippen molar-refractivity contribution in [2.45, 2.75) is 70.8 Å². The van der Waals surface area contributed by atoms with E-state index in [2.05, 4.69) is 16.0 Å². The Morgan fingerprint density at radius 2 is 1.52 bits per heavy atom. The van der Waals surface area contributed by atoms with Gasteiger partial charge in [0.2, 0.25) is 17.7 Å². The monoisotopic (exact) mass is 466 g/mol. The first-order valence-corrected chi connectivity index (χ1v) is 10.7. The van der Waals surface area contributed by atoms with Crippen LogP contribution in [0.3, 0.4) is 0 Å². The summed E-state index contributed by atoms with van der Waals surface area (Å²) in [4.78, 5) is 49.2. The fourth-order valence-electron chi connectivity index (χ4n) is 2.88. The number of carboxylic acids is 1. The van der Waals surface area contributed by atoms with Crippen LogP contribution < -0.4 is 21.7 Å². The van der Waals surface area contributed by atoms with Gasteiger partial charge in [0.15, 0.2) is 0 Å². The zero-order valence-corrected chi connectivity index (χ0v) is 19.2. The normalized spacial score (nSPS) is 16.4. The molecular formula is C22H34N4O7. The van der Waals surface area contributed by atoms with Crippen molar-refractivity contribution < 1.29 is 34.5 Å². The van der Waals surface area contributed by atoms with E-state index in [0.29, 0.717) is 12.0 Å². The van der Waals surface area contributed by atoms with Crippen molar-refractivity contribution in [3.05, 3.63) is 29.8 Å². The molecule has 11 heteroatoms. The molecule has 8 N–H and O–H groups in total. The molecule has 1 rings (SSSR count). The predicted molar refractivity (Wildman–Crippen MR) is 120 cm³/mol. The van der Waals surface area contributed by atoms with Crippen LogP contribution in [0.25, 0.3) is 0 Å². The molecule has 1 aromatic rings. The van der Waals surface area contributed by atoms with Gasteiger partial charge in [0.1, 0.15) is 23.9 Å². The number of nitrogens with two attached hydrogens (primary N) is 1. The number of phenols is 1. The molecule has 0 aliphatic rings. The zero-order valence-electron chi connectivity index (χ0n) is 19.2. The Bertz CT molecular complexity index is 829. The first kappa shape index (κ1) is 27.9. The van der Waals surface area contributed by atoms with Gasteiger partial charge in [-0.1, -0.05) is 32.4 Å². The SMILES string of the molecule is CCC(C)C(N)C(=O)NC(C(=O)NC(Cc1ccc(O)cc1)C(=O)NC(C)C(=O)O)C(C)O. The summed E-state index contributed by atoms with van der Waals surface area (Å²) in [5.41, 5.74) is 6.48. The van der Waals surface area contributed by atoms with E-state index in [1.165, 1.54) is 26.0 Å². The van der Waals surface area contributed by atoms with E-state index in [1.807, 2.05) is 6.92 Å². The van der Waals surface area contributed by atoms with Crippen LogP contribution in [-0.2, 0) is 25.6 Å². The number of hydrogen-bond donors (Lipinski definition) is 7. The molecule has 0 saturated heterocycles. The molecule has 0 fully saturated rings. The van der Waals surface area contributed by atoms with Crippen LogP contribution in [0, 0.1) is 5.92 Å². The largest absolute Gasteiger partial charge is 0.508 e. The number of carboxylic acid groups (broad SMARTS) is 1. The predicted octanol–water partition coefficient (Wildman–Crippen LogP) is -0.752. The number of phenolic OH excluding ortho intramolecular Hbond substituents is 1. The van der Waals surface area contributed by atoms with Gasteiger partial charge in [-0.25, -0.2) is 0 Å². The fourth-order valence-corrected chi connectivity index (χ4v) is 2.88. The van der Waals surface area contributed by atoms with E-state index in [9.17, 15) is 29.4 Å². The van der Waals surface area contributed by atoms with Gasteiger partial charge in [-0.15, -0.1) is 0 Å². The molecule has 11 nitrogen and oxygen atoms in total. The smallest absolute Gasteiger partial charge is 0.325 e. The molecule has 0 aromatic heterocycles. The van der Waals surface area contributed by atoms with Gasteiger partial charge in [-0.05, 0) is 37.5 Å². The van der Waals surface area contributed by atoms with Crippen molar-refractivity contribution in [3.8, 4) is 5.75 Å². The number of aliphatic carboxylic acids is 1. The molecule has 33 heavy (non-hydrogen) atoms. The number of aliphatic hydroxyl groups excluding tert-OH is 1. The Labute approximate surface area is 192 Å². The Kier molecular flexibility index (Phi) is 10.8. The topological polar surface area (TPSA) is 191 Å². The molecule has 1 aromatic carbocycles. The van der Waals surface area contributed by atoms with Gasteiger partial charge in [0.05, 0.1) is 12.1 Å². The third kappa shape index (κ3) is 8.70. The number of aliphatic hydroxyl groups is 1. The van der Waals surface area contributed by atoms with Gasteiger partial charge in [0, 0.05) is 6.42 Å². The van der Waals surface area contributed by atoms with Gasteiger partial charge in [0.25, 0.3) is 0 Å². The van der Waals surface area contributed by atoms with Crippen LogP contribution in [0.5, 0.6) is 5.75 Å². The molecule has 184 valence electrons. The molecule has 6 unspecified atom stereocenters. The molecule has 0 spiro atoms. The molecule has 0 heterocycles. The van der Waals surface area contributed by atoms with E-state index in [0.717, 1.165) is 0 Å². The molecule has 0 radical (unpaired) electrons. The lowest BCUT2D eigenvalue weighted by atomic mass is 9.98. The highest BCUT2D eigenvalue weighted by atomic mass is 16.4. The lowest BCUT2D eigenvalue weighted by Gasteiger charge is -2.27. The summed E-state index contributed by atoms with van der Waals surface area (Å²) in [6, 6.07) is 1.18. The molecule has 3 amide bonds. The quantitative estimate of drug-likeness (QED) is 0.209. The van der Waals surface area contributed by atoms with E-state index >= 15 is 0 Å². The summed E-state index contributed by atoms with van der Waals surface area (Å²) in [5, 5.41) is 35.8. The summed E-state index contributed by atoms with van der Waals surface area (Å²) < 4.78 is 0. The second-order valence-electron chi connectivity index (χ2n) is 8.14. The lowest BCUT2D eigenvalue weighted by Crippen LogP contribution is -2.60. The molecule has 0 aliphatic carbocycles. The molecule has 0 aliphatic heterocycles. The van der Waals surface area contributed by atoms with E-state index in [1.54, 1.807) is 19.1 Å². The summed E-state index contributed by atoms with van der Waals surface area (Å²) in [6.07, 6.45) is -0.693. The lowest BCUT2D eigenvalue weighted by molar-refractivity contribution is -0.142. The molecular weight excluding hydrogens is 432 g/mol. The summed E-state index contributed by atoms with van der Waals surface area (Å²) >= 11 is 0. The van der Waals surface area contributed by atoms with E-state index < -0.39 is 54.0 Å². The number of carbonyl (C=O) groups is 4. The Hall–Kier alpha value is -3.18. The van der Waals surface area contributed by atoms with Gasteiger partial charge in [-0.2, -0.15) is 0 Å². The summed E-state index contributed by atoms with van der Waals surface area (Å²) in [7, 11) is 0. The minimum Gasteiger partial charge on any atom is -0.508 e. The van der Waals surface area contributed by atoms with Crippen LogP contribution >= 0.6 is 0 Å². The van der Waals surface area contributed by atoms with Crippen molar-refractivity contribution in [2.75, 3.05) is 0 Å². The Morgan fingerprint density at radius 1 is 0.939 bits per heavy atom. The van der Waals surface area contributed by atoms with E-state index in [4.69, 9.17) is 10.8 Å². The van der Waals surface area contributed by atoms with Crippen molar-refractivity contribution in [3.63, 3.8) is 0 Å². The van der Waals surface area contributed by atoms with Crippen LogP contribution in [0.15, 0.2) is 24.3 Å². The standard InChI is InChI=1S/C22H34N4O7/c1-5-11(2)17(23)20(30)26-18(13(4)27)21(31)25-16(19(29)24-12(3)22(32)33)10-14-6-8-15(28)9-7-14/h6-9,11-13,16-18,27-28H,5,10,23H2,1-4H3,(H,24,29)(H,25,31)(H,26,30)(H,32,33). The van der Waals surface area contributed by atoms with Crippen molar-refractivity contribution in [1.29, 1.82) is 0 Å². The van der Waals surface area contributed by atoms with Gasteiger partial charge >= 0.3 is 5.97 Å². The summed E-state index contributed by atoms with van der Waals surface area (Å²) in [5.74, 6) is -3.63. The molecule has 0 bridgehead atoms. The first-order valence-electron chi connectivity index (χ1n) is 10.7. The third-order valence-electron chi connectivity index (χ3n) is 5.36. The number of aromatic hydroxyl groups is 1. The first-order chi connectivity index (χ1) is 15.4. The van der Waals surface area contributed by atoms with Gasteiger partial charge in [-0.3, -0.25) is 19.2 Å². The number of rotatable bonds is 12. The van der Waals surface area contributed by atoms with Crippen LogP contribution in [0.1, 0.15) is 39.7 Å². The maximum absolute atomic E-state index is 12.9. The molecule has 6 atom stereocenters. The van der Waals surface area contributed by atoms with Crippen LogP contribution in [-0.4, -0.2) is 69.3 Å². The van der Waals surface area contributed by atoms with Crippen molar-refractivity contribution in [1.82, 2.24) is 16.0 Å². The van der Waals surface area contributed by atoms with Gasteiger partial charge < -0.3 is 37.0 Å². The number of hydrogen-bond acceptors (Lipinski definition) is 7. The fraction of sp³-hybridized carbons (Fsp3) is 0.545. The minimum absolute atomic E-state index is 0.0119. The Morgan fingerprint density at radius 3 is 2.00 bits per heavy atom. The number of benzene rings is 1. The highest BCUT2D eigenvalue weighted by molar-refractivity contribution is 5.94. The molecule has 0 saturated carbocycles. The number of nitrogens with one attached hydrogen (secondary N) is 3. The van der Waals surface area contributed by atoms with Crippen molar-refractivity contribution in [2.24, 2.45) is 11.7 Å². The average molecular weight is 467 g/mol. The minimum atomic E-state index is -1.39. The maximum atomic E-state index is 12.9. The summed E-state index contributed by atoms with van der Waals surface area (Å²) in [6.45, 7) is 6.22. The Balaban J connectivity index is 3.06. The third-order valence-corrected chi connectivity index (χ3v) is 5.36. The highest BCUT2D eigenvalue weighted by Crippen LogP contribution is 2.12. The number of amides is 3. The zero-order chi connectivity index (χ0) is 25.3. The van der Waals surface area contributed by atoms with E-state index in [-0.39, 0.29) is 18.1 Å². The average Bonchev–Trinajstić information content (AvgIpc) is 2.76. The second kappa shape index (κ2) is 12.8. The van der Waals surface area contributed by atoms with Crippen LogP contribution in [0.2, 0.25) is 0 Å². The number of carbonyl (C=O) groups excluding carboxylic acids is 3.